The Kier molecular flexibility index (Phi) is 11.2. The number of nitrogens with one attached hydrogen (secondary N) is 1. The number of benzene rings is 2. The first kappa shape index (κ1) is 22.3. The standard InChI is InChI=1S/C25H37NO2/c1-3-5-10-18-27-24-15-14-23(25(20-24)28-19-11-6-4-2)21-26-17-16-22-12-8-7-9-13-22/h7-9,12-15,20,26H,3-6,10-11,16-19,21H2,1-2H3. The Labute approximate surface area is 171 Å². The largest absolute Gasteiger partial charge is 0.493 e. The zero-order valence-corrected chi connectivity index (χ0v) is 17.7. The van der Waals surface area contributed by atoms with Gasteiger partial charge in [0.15, 0.2) is 0 Å². The summed E-state index contributed by atoms with van der Waals surface area (Å²) >= 11 is 0. The summed E-state index contributed by atoms with van der Waals surface area (Å²) < 4.78 is 12.0. The molecule has 0 unspecified atom stereocenters. The van der Waals surface area contributed by atoms with Crippen molar-refractivity contribution in [1.82, 2.24) is 5.32 Å². The van der Waals surface area contributed by atoms with Crippen molar-refractivity contribution >= 4 is 0 Å². The lowest BCUT2D eigenvalue weighted by Crippen LogP contribution is -2.17. The topological polar surface area (TPSA) is 30.5 Å². The second kappa shape index (κ2) is 14.1. The number of hydrogen-bond acceptors (Lipinski definition) is 3. The summed E-state index contributed by atoms with van der Waals surface area (Å²) in [6, 6.07) is 16.9. The highest BCUT2D eigenvalue weighted by Crippen LogP contribution is 2.26. The molecule has 28 heavy (non-hydrogen) atoms. The predicted octanol–water partition coefficient (Wildman–Crippen LogP) is 6.16. The zero-order valence-electron chi connectivity index (χ0n) is 17.7. The molecule has 0 aliphatic carbocycles. The van der Waals surface area contributed by atoms with Gasteiger partial charge in [0.1, 0.15) is 11.5 Å². The smallest absolute Gasteiger partial charge is 0.127 e. The molecule has 2 aromatic carbocycles. The van der Waals surface area contributed by atoms with E-state index in [-0.39, 0.29) is 0 Å². The summed E-state index contributed by atoms with van der Waals surface area (Å²) in [6.45, 7) is 7.73. The fourth-order valence-electron chi connectivity index (χ4n) is 3.08. The highest BCUT2D eigenvalue weighted by molar-refractivity contribution is 5.40. The Bertz CT molecular complexity index is 642. The fraction of sp³-hybridized carbons (Fsp3) is 0.520. The lowest BCUT2D eigenvalue weighted by atomic mass is 10.1. The van der Waals surface area contributed by atoms with Crippen LogP contribution in [0.5, 0.6) is 11.5 Å². The molecule has 2 aromatic rings. The van der Waals surface area contributed by atoms with Crippen molar-refractivity contribution in [1.29, 1.82) is 0 Å². The van der Waals surface area contributed by atoms with Gasteiger partial charge in [0.25, 0.3) is 0 Å². The number of rotatable bonds is 15. The van der Waals surface area contributed by atoms with Gasteiger partial charge in [0, 0.05) is 18.2 Å². The van der Waals surface area contributed by atoms with E-state index in [1.807, 2.05) is 0 Å². The Morgan fingerprint density at radius 2 is 1.50 bits per heavy atom. The van der Waals surface area contributed by atoms with Crippen LogP contribution in [0.4, 0.5) is 0 Å². The molecule has 0 saturated carbocycles. The fourth-order valence-corrected chi connectivity index (χ4v) is 3.08. The SMILES string of the molecule is CCCCCOc1ccc(CNCCc2ccccc2)c(OCCCCC)c1. The Morgan fingerprint density at radius 3 is 2.21 bits per heavy atom. The summed E-state index contributed by atoms with van der Waals surface area (Å²) in [5, 5.41) is 3.55. The zero-order chi connectivity index (χ0) is 19.9. The molecule has 154 valence electrons. The molecule has 0 aliphatic rings. The van der Waals surface area contributed by atoms with Crippen molar-refractivity contribution < 1.29 is 9.47 Å². The Morgan fingerprint density at radius 1 is 0.786 bits per heavy atom. The van der Waals surface area contributed by atoms with E-state index < -0.39 is 0 Å². The summed E-state index contributed by atoms with van der Waals surface area (Å²) in [6.07, 6.45) is 8.07. The van der Waals surface area contributed by atoms with Crippen molar-refractivity contribution in [2.45, 2.75) is 65.3 Å². The summed E-state index contributed by atoms with van der Waals surface area (Å²) in [7, 11) is 0. The van der Waals surface area contributed by atoms with Crippen LogP contribution in [0.3, 0.4) is 0 Å². The van der Waals surface area contributed by atoms with E-state index in [1.165, 1.54) is 36.8 Å². The molecule has 0 aliphatic heterocycles. The van der Waals surface area contributed by atoms with E-state index in [0.717, 1.165) is 57.1 Å². The van der Waals surface area contributed by atoms with Crippen molar-refractivity contribution in [3.05, 3.63) is 59.7 Å². The van der Waals surface area contributed by atoms with Gasteiger partial charge in [-0.1, -0.05) is 75.9 Å². The molecule has 0 amide bonds. The van der Waals surface area contributed by atoms with E-state index in [2.05, 4.69) is 67.7 Å². The van der Waals surface area contributed by atoms with Gasteiger partial charge in [0.2, 0.25) is 0 Å². The molecule has 0 radical (unpaired) electrons. The van der Waals surface area contributed by atoms with Crippen LogP contribution >= 0.6 is 0 Å². The van der Waals surface area contributed by atoms with Crippen LogP contribution in [-0.2, 0) is 13.0 Å². The van der Waals surface area contributed by atoms with Gasteiger partial charge in [-0.15, -0.1) is 0 Å². The molecule has 0 saturated heterocycles. The molecule has 0 fully saturated rings. The third kappa shape index (κ3) is 8.79. The van der Waals surface area contributed by atoms with Gasteiger partial charge in [-0.2, -0.15) is 0 Å². The Balaban J connectivity index is 1.87. The monoisotopic (exact) mass is 383 g/mol. The molecule has 0 spiro atoms. The molecule has 0 bridgehead atoms. The van der Waals surface area contributed by atoms with Gasteiger partial charge >= 0.3 is 0 Å². The first-order chi connectivity index (χ1) is 13.8. The van der Waals surface area contributed by atoms with Crippen LogP contribution in [0.25, 0.3) is 0 Å². The average molecular weight is 384 g/mol. The van der Waals surface area contributed by atoms with Crippen LogP contribution in [0.15, 0.2) is 48.5 Å². The van der Waals surface area contributed by atoms with Gasteiger partial charge in [0.05, 0.1) is 13.2 Å². The molecule has 2 rings (SSSR count). The lowest BCUT2D eigenvalue weighted by molar-refractivity contribution is 0.289. The molecular formula is C25H37NO2. The van der Waals surface area contributed by atoms with Crippen LogP contribution in [0.2, 0.25) is 0 Å². The quantitative estimate of drug-likeness (QED) is 0.374. The first-order valence-electron chi connectivity index (χ1n) is 11.0. The van der Waals surface area contributed by atoms with E-state index in [4.69, 9.17) is 9.47 Å². The maximum Gasteiger partial charge on any atom is 0.127 e. The summed E-state index contributed by atoms with van der Waals surface area (Å²) in [4.78, 5) is 0. The third-order valence-corrected chi connectivity index (χ3v) is 4.81. The van der Waals surface area contributed by atoms with Gasteiger partial charge < -0.3 is 14.8 Å². The second-order valence-electron chi connectivity index (χ2n) is 7.29. The lowest BCUT2D eigenvalue weighted by Gasteiger charge is -2.15. The number of unbranched alkanes of at least 4 members (excludes halogenated alkanes) is 4. The minimum Gasteiger partial charge on any atom is -0.493 e. The molecule has 3 heteroatoms. The van der Waals surface area contributed by atoms with E-state index in [9.17, 15) is 0 Å². The minimum atomic E-state index is 0.768. The van der Waals surface area contributed by atoms with Gasteiger partial charge in [-0.3, -0.25) is 0 Å². The molecule has 0 atom stereocenters. The molecule has 3 nitrogen and oxygen atoms in total. The van der Waals surface area contributed by atoms with E-state index in [1.54, 1.807) is 0 Å². The number of hydrogen-bond donors (Lipinski definition) is 1. The second-order valence-corrected chi connectivity index (χ2v) is 7.29. The average Bonchev–Trinajstić information content (AvgIpc) is 2.73. The normalized spacial score (nSPS) is 10.8. The molecule has 0 heterocycles. The van der Waals surface area contributed by atoms with E-state index >= 15 is 0 Å². The van der Waals surface area contributed by atoms with Crippen molar-refractivity contribution in [2.75, 3.05) is 19.8 Å². The van der Waals surface area contributed by atoms with Gasteiger partial charge in [-0.05, 0) is 37.4 Å². The Hall–Kier alpha value is -2.00. The molecule has 1 N–H and O–H groups in total. The van der Waals surface area contributed by atoms with Crippen LogP contribution < -0.4 is 14.8 Å². The maximum absolute atomic E-state index is 6.10. The first-order valence-corrected chi connectivity index (χ1v) is 11.0. The third-order valence-electron chi connectivity index (χ3n) is 4.81. The highest BCUT2D eigenvalue weighted by atomic mass is 16.5. The molecule has 0 aromatic heterocycles. The highest BCUT2D eigenvalue weighted by Gasteiger charge is 2.07. The summed E-state index contributed by atoms with van der Waals surface area (Å²) in [5.74, 6) is 1.87. The minimum absolute atomic E-state index is 0.768. The maximum atomic E-state index is 6.10. The van der Waals surface area contributed by atoms with Crippen LogP contribution in [0.1, 0.15) is 63.5 Å². The van der Waals surface area contributed by atoms with Gasteiger partial charge in [-0.25, -0.2) is 0 Å². The van der Waals surface area contributed by atoms with Crippen LogP contribution in [-0.4, -0.2) is 19.8 Å². The van der Waals surface area contributed by atoms with Crippen molar-refractivity contribution in [2.24, 2.45) is 0 Å². The predicted molar refractivity (Wildman–Crippen MR) is 118 cm³/mol. The van der Waals surface area contributed by atoms with Crippen molar-refractivity contribution in [3.8, 4) is 11.5 Å². The van der Waals surface area contributed by atoms with Crippen molar-refractivity contribution in [3.63, 3.8) is 0 Å². The van der Waals surface area contributed by atoms with E-state index in [0.29, 0.717) is 0 Å². The van der Waals surface area contributed by atoms with Crippen LogP contribution in [0, 0.1) is 0 Å². The summed E-state index contributed by atoms with van der Waals surface area (Å²) in [5.41, 5.74) is 2.56. The number of ether oxygens (including phenoxy) is 2. The molecular weight excluding hydrogens is 346 g/mol.